The van der Waals surface area contributed by atoms with Crippen LogP contribution in [0.1, 0.15) is 12.5 Å². The zero-order chi connectivity index (χ0) is 21.8. The lowest BCUT2D eigenvalue weighted by molar-refractivity contribution is -0.139. The lowest BCUT2D eigenvalue weighted by Gasteiger charge is -2.14. The quantitative estimate of drug-likeness (QED) is 0.446. The molecule has 0 unspecified atom stereocenters. The van der Waals surface area contributed by atoms with E-state index in [2.05, 4.69) is 4.98 Å². The molecule has 0 aliphatic heterocycles. The van der Waals surface area contributed by atoms with Crippen LogP contribution >= 0.6 is 23.2 Å². The highest BCUT2D eigenvalue weighted by molar-refractivity contribution is 6.37. The molecule has 0 fully saturated rings. The normalized spacial score (nSPS) is 10.7. The maximum absolute atomic E-state index is 14.1. The van der Waals surface area contributed by atoms with E-state index in [1.165, 1.54) is 12.1 Å². The molecule has 2 aromatic carbocycles. The average molecular weight is 452 g/mol. The molecule has 2 N–H and O–H groups in total. The molecule has 0 saturated heterocycles. The maximum Gasteiger partial charge on any atom is 0.341 e. The number of hydrogen-bond acceptors (Lipinski definition) is 5. The van der Waals surface area contributed by atoms with Gasteiger partial charge >= 0.3 is 5.97 Å². The number of benzene rings is 2. The fourth-order valence-electron chi connectivity index (χ4n) is 2.68. The molecule has 0 spiro atoms. The third kappa shape index (κ3) is 4.75. The van der Waals surface area contributed by atoms with Crippen molar-refractivity contribution in [1.29, 1.82) is 0 Å². The fraction of sp³-hybridized carbons (Fsp3) is 0.143. The standard InChI is InChI=1S/C21H16Cl2FNO5/c1-2-11-4-3-5-12(8-11)14-9-13(6-7-15(14)26)30-19-17(22)20(24)25-21(18(19)23)29-10-16(27)28/h3-9,26H,2,10H2,1H3,(H,27,28). The van der Waals surface area contributed by atoms with E-state index >= 15 is 0 Å². The molecule has 0 bridgehead atoms. The number of aromatic hydroxyl groups is 1. The van der Waals surface area contributed by atoms with Crippen LogP contribution in [0.3, 0.4) is 0 Å². The van der Waals surface area contributed by atoms with Crippen LogP contribution in [0.4, 0.5) is 4.39 Å². The number of halogens is 3. The molecule has 0 atom stereocenters. The Hall–Kier alpha value is -3.03. The first-order chi connectivity index (χ1) is 14.3. The number of nitrogens with zero attached hydrogens (tertiary/aromatic N) is 1. The number of phenolic OH excluding ortho intramolecular Hbond substituents is 1. The van der Waals surface area contributed by atoms with E-state index in [9.17, 15) is 14.3 Å². The minimum absolute atomic E-state index is 0.0270. The van der Waals surface area contributed by atoms with Gasteiger partial charge in [-0.1, -0.05) is 54.4 Å². The van der Waals surface area contributed by atoms with Crippen LogP contribution in [-0.4, -0.2) is 27.8 Å². The summed E-state index contributed by atoms with van der Waals surface area (Å²) in [5.74, 6) is -2.94. The minimum atomic E-state index is -1.29. The van der Waals surface area contributed by atoms with Crippen molar-refractivity contribution in [3.8, 4) is 34.3 Å². The molecule has 0 aliphatic carbocycles. The Balaban J connectivity index is 1.99. The topological polar surface area (TPSA) is 88.9 Å². The number of rotatable bonds is 7. The van der Waals surface area contributed by atoms with Crippen molar-refractivity contribution in [2.24, 2.45) is 0 Å². The first-order valence-corrected chi connectivity index (χ1v) is 9.55. The van der Waals surface area contributed by atoms with Gasteiger partial charge in [0, 0.05) is 5.56 Å². The molecule has 30 heavy (non-hydrogen) atoms. The number of hydrogen-bond donors (Lipinski definition) is 2. The van der Waals surface area contributed by atoms with Crippen LogP contribution in [0.25, 0.3) is 11.1 Å². The second-order valence-corrected chi connectivity index (χ2v) is 6.94. The molecule has 0 saturated carbocycles. The smallest absolute Gasteiger partial charge is 0.341 e. The lowest BCUT2D eigenvalue weighted by Crippen LogP contribution is -2.11. The van der Waals surface area contributed by atoms with E-state index in [4.69, 9.17) is 37.8 Å². The van der Waals surface area contributed by atoms with Crippen LogP contribution in [0.2, 0.25) is 10.0 Å². The molecular weight excluding hydrogens is 436 g/mol. The molecule has 1 aromatic heterocycles. The van der Waals surface area contributed by atoms with Gasteiger partial charge in [-0.2, -0.15) is 9.37 Å². The Morgan fingerprint density at radius 1 is 1.17 bits per heavy atom. The summed E-state index contributed by atoms with van der Waals surface area (Å²) in [7, 11) is 0. The van der Waals surface area contributed by atoms with E-state index < -0.39 is 29.4 Å². The average Bonchev–Trinajstić information content (AvgIpc) is 2.73. The Morgan fingerprint density at radius 3 is 2.63 bits per heavy atom. The lowest BCUT2D eigenvalue weighted by atomic mass is 10.0. The third-order valence-corrected chi connectivity index (χ3v) is 4.79. The first-order valence-electron chi connectivity index (χ1n) is 8.79. The second-order valence-electron chi connectivity index (χ2n) is 6.18. The van der Waals surface area contributed by atoms with Crippen molar-refractivity contribution < 1.29 is 28.9 Å². The van der Waals surface area contributed by atoms with Crippen molar-refractivity contribution in [2.75, 3.05) is 6.61 Å². The molecule has 0 amide bonds. The highest BCUT2D eigenvalue weighted by Crippen LogP contribution is 2.43. The van der Waals surface area contributed by atoms with Gasteiger partial charge in [0.15, 0.2) is 12.4 Å². The molecule has 0 radical (unpaired) electrons. The predicted octanol–water partition coefficient (Wildman–Crippen LogP) is 5.72. The second kappa shape index (κ2) is 9.19. The summed E-state index contributed by atoms with van der Waals surface area (Å²) in [6.07, 6.45) is 0.825. The Bertz CT molecular complexity index is 1110. The number of carboxylic acids is 1. The molecule has 3 aromatic rings. The maximum atomic E-state index is 14.1. The summed E-state index contributed by atoms with van der Waals surface area (Å²) in [4.78, 5) is 14.1. The third-order valence-electron chi connectivity index (χ3n) is 4.13. The summed E-state index contributed by atoms with van der Waals surface area (Å²) in [6.45, 7) is 1.24. The number of phenols is 1. The van der Waals surface area contributed by atoms with Crippen LogP contribution in [0, 0.1) is 5.95 Å². The van der Waals surface area contributed by atoms with E-state index in [1.54, 1.807) is 6.07 Å². The molecule has 0 aliphatic rings. The van der Waals surface area contributed by atoms with Crippen LogP contribution in [0.15, 0.2) is 42.5 Å². The predicted molar refractivity (Wildman–Crippen MR) is 110 cm³/mol. The summed E-state index contributed by atoms with van der Waals surface area (Å²) in [6, 6.07) is 12.0. The van der Waals surface area contributed by atoms with Gasteiger partial charge in [-0.3, -0.25) is 0 Å². The van der Waals surface area contributed by atoms with Crippen LogP contribution < -0.4 is 9.47 Å². The number of pyridine rings is 1. The molecular formula is C21H16Cl2FNO5. The highest BCUT2D eigenvalue weighted by Gasteiger charge is 2.22. The van der Waals surface area contributed by atoms with Gasteiger partial charge in [0.25, 0.3) is 0 Å². The van der Waals surface area contributed by atoms with E-state index in [0.29, 0.717) is 5.56 Å². The van der Waals surface area contributed by atoms with Crippen molar-refractivity contribution in [1.82, 2.24) is 4.98 Å². The van der Waals surface area contributed by atoms with Crippen LogP contribution in [-0.2, 0) is 11.2 Å². The van der Waals surface area contributed by atoms with Gasteiger partial charge < -0.3 is 19.7 Å². The van der Waals surface area contributed by atoms with E-state index in [0.717, 1.165) is 17.5 Å². The summed E-state index contributed by atoms with van der Waals surface area (Å²) < 4.78 is 24.6. The molecule has 1 heterocycles. The van der Waals surface area contributed by atoms with Crippen molar-refractivity contribution in [2.45, 2.75) is 13.3 Å². The van der Waals surface area contributed by atoms with Crippen molar-refractivity contribution in [3.05, 3.63) is 64.0 Å². The van der Waals surface area contributed by atoms with Crippen LogP contribution in [0.5, 0.6) is 23.1 Å². The van der Waals surface area contributed by atoms with Crippen molar-refractivity contribution >= 4 is 29.2 Å². The first kappa shape index (κ1) is 21.7. The Labute approximate surface area is 181 Å². The molecule has 9 heteroatoms. The van der Waals surface area contributed by atoms with Crippen molar-refractivity contribution in [3.63, 3.8) is 0 Å². The van der Waals surface area contributed by atoms with Gasteiger partial charge in [0.05, 0.1) is 0 Å². The number of ether oxygens (including phenoxy) is 2. The zero-order valence-corrected chi connectivity index (χ0v) is 17.2. The van der Waals surface area contributed by atoms with Gasteiger partial charge in [0.2, 0.25) is 11.8 Å². The van der Waals surface area contributed by atoms with Gasteiger partial charge in [-0.15, -0.1) is 0 Å². The minimum Gasteiger partial charge on any atom is -0.507 e. The Morgan fingerprint density at radius 2 is 1.93 bits per heavy atom. The van der Waals surface area contributed by atoms with E-state index in [1.807, 2.05) is 31.2 Å². The fourth-order valence-corrected chi connectivity index (χ4v) is 3.13. The number of aryl methyl sites for hydroxylation is 1. The zero-order valence-electron chi connectivity index (χ0n) is 15.7. The number of aliphatic carboxylic acids is 1. The summed E-state index contributed by atoms with van der Waals surface area (Å²) >= 11 is 12.1. The number of aromatic nitrogens is 1. The largest absolute Gasteiger partial charge is 0.507 e. The summed E-state index contributed by atoms with van der Waals surface area (Å²) in [5.41, 5.74) is 2.34. The van der Waals surface area contributed by atoms with E-state index in [-0.39, 0.29) is 22.3 Å². The monoisotopic (exact) mass is 451 g/mol. The molecule has 6 nitrogen and oxygen atoms in total. The van der Waals surface area contributed by atoms with Gasteiger partial charge in [-0.05, 0) is 35.7 Å². The Kier molecular flexibility index (Phi) is 6.64. The van der Waals surface area contributed by atoms with Gasteiger partial charge in [0.1, 0.15) is 21.5 Å². The number of carbonyl (C=O) groups is 1. The highest BCUT2D eigenvalue weighted by atomic mass is 35.5. The van der Waals surface area contributed by atoms with Gasteiger partial charge in [-0.25, -0.2) is 4.79 Å². The number of carboxylic acid groups (broad SMARTS) is 1. The molecule has 3 rings (SSSR count). The molecule has 156 valence electrons. The SMILES string of the molecule is CCc1cccc(-c2cc(Oc3c(Cl)c(F)nc(OCC(=O)O)c3Cl)ccc2O)c1. The summed E-state index contributed by atoms with van der Waals surface area (Å²) in [5, 5.41) is 18.2.